The van der Waals surface area contributed by atoms with Crippen LogP contribution in [-0.2, 0) is 17.6 Å². The molecule has 4 nitrogen and oxygen atoms in total. The van der Waals surface area contributed by atoms with Crippen molar-refractivity contribution in [3.05, 3.63) is 71.3 Å². The van der Waals surface area contributed by atoms with E-state index >= 15 is 0 Å². The van der Waals surface area contributed by atoms with Crippen molar-refractivity contribution in [2.24, 2.45) is 0 Å². The minimum absolute atomic E-state index is 0.0136. The molecular formula is C25H30N2O2. The number of fused-ring (bicyclic) bond motifs is 1. The van der Waals surface area contributed by atoms with E-state index in [4.69, 9.17) is 0 Å². The van der Waals surface area contributed by atoms with Gasteiger partial charge in [0.15, 0.2) is 0 Å². The van der Waals surface area contributed by atoms with E-state index in [1.54, 1.807) is 4.90 Å². The largest absolute Gasteiger partial charge is 0.351 e. The standard InChI is InChI=1S/C25H30N2O2/c1-25(24(29)26-21-13-6-3-7-14-21)18-20-12-8-9-15-22(20)23(28)27(25)17-16-19-10-4-2-5-11-19/h2,4-5,8-12,15,21H,3,6-7,13-14,16-18H2,1H3,(H,26,29). The number of nitrogens with zero attached hydrogens (tertiary/aromatic N) is 1. The van der Waals surface area contributed by atoms with Gasteiger partial charge in [-0.3, -0.25) is 9.59 Å². The van der Waals surface area contributed by atoms with Crippen LogP contribution in [0.15, 0.2) is 54.6 Å². The van der Waals surface area contributed by atoms with E-state index in [2.05, 4.69) is 17.4 Å². The van der Waals surface area contributed by atoms with Gasteiger partial charge in [-0.25, -0.2) is 0 Å². The summed E-state index contributed by atoms with van der Waals surface area (Å²) in [6, 6.07) is 18.1. The lowest BCUT2D eigenvalue weighted by Crippen LogP contribution is -2.64. The summed E-state index contributed by atoms with van der Waals surface area (Å²) < 4.78 is 0. The monoisotopic (exact) mass is 390 g/mol. The average Bonchev–Trinajstić information content (AvgIpc) is 2.75. The first-order chi connectivity index (χ1) is 14.1. The summed E-state index contributed by atoms with van der Waals surface area (Å²) in [5, 5.41) is 3.28. The predicted molar refractivity (Wildman–Crippen MR) is 115 cm³/mol. The van der Waals surface area contributed by atoms with Crippen LogP contribution < -0.4 is 5.32 Å². The Morgan fingerprint density at radius 3 is 2.48 bits per heavy atom. The van der Waals surface area contributed by atoms with E-state index < -0.39 is 5.54 Å². The Hall–Kier alpha value is -2.62. The van der Waals surface area contributed by atoms with Crippen molar-refractivity contribution < 1.29 is 9.59 Å². The topological polar surface area (TPSA) is 49.4 Å². The van der Waals surface area contributed by atoms with Gasteiger partial charge in [0.2, 0.25) is 5.91 Å². The van der Waals surface area contributed by atoms with E-state index in [-0.39, 0.29) is 17.9 Å². The first kappa shape index (κ1) is 19.7. The van der Waals surface area contributed by atoms with Crippen LogP contribution in [0, 0.1) is 0 Å². The lowest BCUT2D eigenvalue weighted by molar-refractivity contribution is -0.132. The third-order valence-corrected chi connectivity index (χ3v) is 6.52. The van der Waals surface area contributed by atoms with Crippen molar-refractivity contribution in [1.29, 1.82) is 0 Å². The highest BCUT2D eigenvalue weighted by atomic mass is 16.2. The number of carbonyl (C=O) groups is 2. The average molecular weight is 391 g/mol. The Kier molecular flexibility index (Phi) is 5.70. The molecule has 152 valence electrons. The number of rotatable bonds is 5. The number of nitrogens with one attached hydrogen (secondary N) is 1. The predicted octanol–water partition coefficient (Wildman–Crippen LogP) is 4.14. The third-order valence-electron chi connectivity index (χ3n) is 6.52. The molecule has 1 aliphatic heterocycles. The van der Waals surface area contributed by atoms with Gasteiger partial charge in [-0.05, 0) is 43.4 Å². The van der Waals surface area contributed by atoms with Gasteiger partial charge in [0.1, 0.15) is 5.54 Å². The Labute approximate surface area is 173 Å². The molecule has 1 saturated carbocycles. The van der Waals surface area contributed by atoms with E-state index in [0.29, 0.717) is 13.0 Å². The highest BCUT2D eigenvalue weighted by Crippen LogP contribution is 2.32. The summed E-state index contributed by atoms with van der Waals surface area (Å²) in [4.78, 5) is 28.7. The van der Waals surface area contributed by atoms with Crippen LogP contribution in [0.3, 0.4) is 0 Å². The smallest absolute Gasteiger partial charge is 0.255 e. The number of amides is 2. The van der Waals surface area contributed by atoms with Crippen LogP contribution in [0.1, 0.15) is 60.5 Å². The molecule has 4 rings (SSSR count). The van der Waals surface area contributed by atoms with Crippen LogP contribution in [0.25, 0.3) is 0 Å². The summed E-state index contributed by atoms with van der Waals surface area (Å²) in [7, 11) is 0. The van der Waals surface area contributed by atoms with Gasteiger partial charge >= 0.3 is 0 Å². The molecule has 29 heavy (non-hydrogen) atoms. The zero-order chi connectivity index (χ0) is 20.3. The molecule has 2 aliphatic rings. The fourth-order valence-electron chi connectivity index (χ4n) is 4.74. The lowest BCUT2D eigenvalue weighted by Gasteiger charge is -2.45. The third kappa shape index (κ3) is 4.07. The fraction of sp³-hybridized carbons (Fsp3) is 0.440. The minimum Gasteiger partial charge on any atom is -0.351 e. The second-order valence-electron chi connectivity index (χ2n) is 8.61. The first-order valence-electron chi connectivity index (χ1n) is 10.8. The van der Waals surface area contributed by atoms with Gasteiger partial charge in [0.25, 0.3) is 5.91 Å². The van der Waals surface area contributed by atoms with Crippen LogP contribution in [-0.4, -0.2) is 34.8 Å². The molecule has 0 radical (unpaired) electrons. The fourth-order valence-corrected chi connectivity index (χ4v) is 4.74. The van der Waals surface area contributed by atoms with E-state index in [1.165, 1.54) is 24.8 Å². The van der Waals surface area contributed by atoms with E-state index in [1.807, 2.05) is 49.4 Å². The van der Waals surface area contributed by atoms with Crippen LogP contribution in [0.5, 0.6) is 0 Å². The molecule has 0 bridgehead atoms. The van der Waals surface area contributed by atoms with Crippen molar-refractivity contribution in [3.8, 4) is 0 Å². The highest BCUT2D eigenvalue weighted by molar-refractivity contribution is 6.02. The molecule has 1 heterocycles. The number of benzene rings is 2. The molecule has 0 saturated heterocycles. The molecule has 1 fully saturated rings. The Morgan fingerprint density at radius 1 is 1.03 bits per heavy atom. The Balaban J connectivity index is 1.60. The normalized spacial score (nSPS) is 22.2. The van der Waals surface area contributed by atoms with Crippen LogP contribution in [0.4, 0.5) is 0 Å². The van der Waals surface area contributed by atoms with Gasteiger partial charge in [-0.2, -0.15) is 0 Å². The maximum atomic E-state index is 13.5. The van der Waals surface area contributed by atoms with Crippen LogP contribution >= 0.6 is 0 Å². The van der Waals surface area contributed by atoms with E-state index in [0.717, 1.165) is 30.4 Å². The van der Waals surface area contributed by atoms with Crippen molar-refractivity contribution in [2.45, 2.75) is 63.5 Å². The zero-order valence-corrected chi connectivity index (χ0v) is 17.2. The molecule has 1 aliphatic carbocycles. The SMILES string of the molecule is CC1(C(=O)NC2CCCCC2)Cc2ccccc2C(=O)N1CCc1ccccc1. The molecule has 0 aromatic heterocycles. The van der Waals surface area contributed by atoms with Crippen LogP contribution in [0.2, 0.25) is 0 Å². The van der Waals surface area contributed by atoms with Crippen molar-refractivity contribution in [1.82, 2.24) is 10.2 Å². The summed E-state index contributed by atoms with van der Waals surface area (Å²) in [5.41, 5.74) is 2.00. The maximum Gasteiger partial charge on any atom is 0.255 e. The van der Waals surface area contributed by atoms with Crippen molar-refractivity contribution in [2.75, 3.05) is 6.54 Å². The molecule has 4 heteroatoms. The van der Waals surface area contributed by atoms with Gasteiger partial charge in [-0.1, -0.05) is 67.8 Å². The van der Waals surface area contributed by atoms with Crippen molar-refractivity contribution >= 4 is 11.8 Å². The van der Waals surface area contributed by atoms with Gasteiger partial charge in [-0.15, -0.1) is 0 Å². The minimum atomic E-state index is -0.863. The molecule has 1 unspecified atom stereocenters. The number of hydrogen-bond donors (Lipinski definition) is 1. The van der Waals surface area contributed by atoms with E-state index in [9.17, 15) is 9.59 Å². The quantitative estimate of drug-likeness (QED) is 0.834. The number of carbonyl (C=O) groups excluding carboxylic acids is 2. The Bertz CT molecular complexity index is 873. The molecule has 2 aromatic carbocycles. The molecule has 0 spiro atoms. The lowest BCUT2D eigenvalue weighted by atomic mass is 9.82. The molecule has 2 aromatic rings. The first-order valence-corrected chi connectivity index (χ1v) is 10.8. The van der Waals surface area contributed by atoms with Gasteiger partial charge in [0, 0.05) is 24.6 Å². The van der Waals surface area contributed by atoms with Gasteiger partial charge < -0.3 is 10.2 Å². The molecule has 1 N–H and O–H groups in total. The van der Waals surface area contributed by atoms with Crippen molar-refractivity contribution in [3.63, 3.8) is 0 Å². The molecule has 1 atom stereocenters. The summed E-state index contributed by atoms with van der Waals surface area (Å²) in [6.07, 6.45) is 6.96. The number of hydrogen-bond acceptors (Lipinski definition) is 2. The molecule has 2 amide bonds. The second kappa shape index (κ2) is 8.40. The second-order valence-corrected chi connectivity index (χ2v) is 8.61. The maximum absolute atomic E-state index is 13.5. The summed E-state index contributed by atoms with van der Waals surface area (Å²) >= 11 is 0. The Morgan fingerprint density at radius 2 is 1.72 bits per heavy atom. The molecular weight excluding hydrogens is 360 g/mol. The van der Waals surface area contributed by atoms with Gasteiger partial charge in [0.05, 0.1) is 0 Å². The zero-order valence-electron chi connectivity index (χ0n) is 17.2. The summed E-state index contributed by atoms with van der Waals surface area (Å²) in [6.45, 7) is 2.47. The summed E-state index contributed by atoms with van der Waals surface area (Å²) in [5.74, 6) is -0.0515. The highest BCUT2D eigenvalue weighted by Gasteiger charge is 2.46.